The van der Waals surface area contributed by atoms with Gasteiger partial charge in [-0.05, 0) is 32.2 Å². The Hall–Kier alpha value is -0.190. The Bertz CT molecular complexity index is 356. The van der Waals surface area contributed by atoms with Crippen LogP contribution in [0.3, 0.4) is 0 Å². The molecule has 0 spiro atoms. The Balaban J connectivity index is 2.22. The fourth-order valence-electron chi connectivity index (χ4n) is 1.74. The van der Waals surface area contributed by atoms with E-state index >= 15 is 0 Å². The number of hydrogen-bond donors (Lipinski definition) is 2. The van der Waals surface area contributed by atoms with Crippen molar-refractivity contribution in [3.05, 3.63) is 22.7 Å². The maximum absolute atomic E-state index is 3.54. The molecule has 1 heterocycles. The van der Waals surface area contributed by atoms with E-state index in [9.17, 15) is 0 Å². The molecule has 1 aromatic rings. The van der Waals surface area contributed by atoms with E-state index in [0.29, 0.717) is 11.3 Å². The highest BCUT2D eigenvalue weighted by Crippen LogP contribution is 2.38. The minimum atomic E-state index is 0.504. The van der Waals surface area contributed by atoms with Crippen molar-refractivity contribution >= 4 is 33.4 Å². The summed E-state index contributed by atoms with van der Waals surface area (Å²) in [5, 5.41) is 7.39. The number of thioether (sulfide) groups is 1. The molecule has 0 aromatic heterocycles. The molecule has 1 aliphatic rings. The van der Waals surface area contributed by atoms with Gasteiger partial charge in [-0.1, -0.05) is 15.9 Å². The summed E-state index contributed by atoms with van der Waals surface area (Å²) in [6.07, 6.45) is 0. The largest absolute Gasteiger partial charge is 0.380 e. The number of fused-ring (bicyclic) bond motifs is 1. The van der Waals surface area contributed by atoms with Crippen LogP contribution in [0, 0.1) is 0 Å². The molecule has 0 aliphatic carbocycles. The first-order valence-corrected chi connectivity index (χ1v) is 6.75. The van der Waals surface area contributed by atoms with Gasteiger partial charge in [0.15, 0.2) is 0 Å². The highest BCUT2D eigenvalue weighted by Gasteiger charge is 2.24. The van der Waals surface area contributed by atoms with Crippen molar-refractivity contribution in [3.8, 4) is 0 Å². The van der Waals surface area contributed by atoms with Gasteiger partial charge in [-0.15, -0.1) is 11.8 Å². The molecule has 0 amide bonds. The summed E-state index contributed by atoms with van der Waals surface area (Å²) in [6.45, 7) is 3.27. The highest BCUT2D eigenvalue weighted by atomic mass is 79.9. The second kappa shape index (κ2) is 4.76. The summed E-state index contributed by atoms with van der Waals surface area (Å²) < 4.78 is 1.13. The molecule has 1 aliphatic heterocycles. The molecule has 0 saturated heterocycles. The number of hydrogen-bond acceptors (Lipinski definition) is 3. The number of rotatable bonds is 2. The van der Waals surface area contributed by atoms with E-state index < -0.39 is 0 Å². The molecule has 15 heavy (non-hydrogen) atoms. The zero-order valence-electron chi connectivity index (χ0n) is 8.88. The maximum Gasteiger partial charge on any atom is 0.0492 e. The van der Waals surface area contributed by atoms with Crippen LogP contribution < -0.4 is 10.6 Å². The zero-order valence-corrected chi connectivity index (χ0v) is 11.3. The third-order valence-corrected chi connectivity index (χ3v) is 4.55. The quantitative estimate of drug-likeness (QED) is 0.874. The predicted octanol–water partition coefficient (Wildman–Crippen LogP) is 2.94. The molecular formula is C11H15BrN2S. The summed E-state index contributed by atoms with van der Waals surface area (Å²) >= 11 is 5.45. The van der Waals surface area contributed by atoms with E-state index in [1.165, 1.54) is 10.6 Å². The van der Waals surface area contributed by atoms with Crippen LogP contribution in [0.25, 0.3) is 0 Å². The van der Waals surface area contributed by atoms with Gasteiger partial charge >= 0.3 is 0 Å². The van der Waals surface area contributed by atoms with Gasteiger partial charge in [-0.2, -0.15) is 0 Å². The van der Waals surface area contributed by atoms with Gasteiger partial charge < -0.3 is 10.6 Å². The third-order valence-electron chi connectivity index (χ3n) is 2.57. The highest BCUT2D eigenvalue weighted by molar-refractivity contribution is 9.10. The molecule has 2 nitrogen and oxygen atoms in total. The minimum absolute atomic E-state index is 0.504. The Labute approximate surface area is 103 Å². The topological polar surface area (TPSA) is 24.1 Å². The van der Waals surface area contributed by atoms with Crippen molar-refractivity contribution in [2.24, 2.45) is 0 Å². The lowest BCUT2D eigenvalue weighted by Gasteiger charge is -2.31. The van der Waals surface area contributed by atoms with Crippen molar-refractivity contribution in [2.75, 3.05) is 18.9 Å². The van der Waals surface area contributed by atoms with E-state index in [1.807, 2.05) is 18.8 Å². The summed E-state index contributed by atoms with van der Waals surface area (Å²) in [5.41, 5.74) is 1.24. The predicted molar refractivity (Wildman–Crippen MR) is 70.8 cm³/mol. The molecule has 4 heteroatoms. The molecule has 2 atom stereocenters. The smallest absolute Gasteiger partial charge is 0.0492 e. The minimum Gasteiger partial charge on any atom is -0.380 e. The third kappa shape index (κ3) is 2.49. The van der Waals surface area contributed by atoms with Gasteiger partial charge in [-0.25, -0.2) is 0 Å². The van der Waals surface area contributed by atoms with Crippen LogP contribution in [0.15, 0.2) is 27.6 Å². The molecule has 2 unspecified atom stereocenters. The van der Waals surface area contributed by atoms with Crippen molar-refractivity contribution < 1.29 is 0 Å². The van der Waals surface area contributed by atoms with Crippen LogP contribution in [0.4, 0.5) is 5.69 Å². The molecule has 2 rings (SSSR count). The fourth-order valence-corrected chi connectivity index (χ4v) is 3.34. The average Bonchev–Trinajstić information content (AvgIpc) is 2.20. The van der Waals surface area contributed by atoms with Crippen LogP contribution >= 0.6 is 27.7 Å². The lowest BCUT2D eigenvalue weighted by atomic mass is 10.2. The molecule has 2 N–H and O–H groups in total. The van der Waals surface area contributed by atoms with Gasteiger partial charge in [0, 0.05) is 32.9 Å². The molecule has 0 saturated carbocycles. The summed E-state index contributed by atoms with van der Waals surface area (Å²) in [5.74, 6) is 0. The van der Waals surface area contributed by atoms with Crippen molar-refractivity contribution in [1.82, 2.24) is 5.32 Å². The van der Waals surface area contributed by atoms with E-state index in [2.05, 4.69) is 51.7 Å². The number of halogens is 1. The lowest BCUT2D eigenvalue weighted by molar-refractivity contribution is 0.665. The molecule has 82 valence electrons. The van der Waals surface area contributed by atoms with Crippen molar-refractivity contribution in [1.29, 1.82) is 0 Å². The van der Waals surface area contributed by atoms with Crippen LogP contribution in [-0.2, 0) is 0 Å². The van der Waals surface area contributed by atoms with Crippen LogP contribution in [0.1, 0.15) is 6.92 Å². The Morgan fingerprint density at radius 3 is 3.07 bits per heavy atom. The maximum atomic E-state index is 3.54. The van der Waals surface area contributed by atoms with Crippen LogP contribution in [0.5, 0.6) is 0 Å². The lowest BCUT2D eigenvalue weighted by Crippen LogP contribution is -2.38. The van der Waals surface area contributed by atoms with E-state index in [1.54, 1.807) is 0 Å². The van der Waals surface area contributed by atoms with E-state index in [-0.39, 0.29) is 0 Å². The molecule has 1 aromatic carbocycles. The number of benzene rings is 1. The summed E-state index contributed by atoms with van der Waals surface area (Å²) in [7, 11) is 2.00. The van der Waals surface area contributed by atoms with Gasteiger partial charge in [0.2, 0.25) is 0 Å². The molecule has 0 bridgehead atoms. The Morgan fingerprint density at radius 1 is 1.53 bits per heavy atom. The van der Waals surface area contributed by atoms with Gasteiger partial charge in [0.1, 0.15) is 0 Å². The molecule has 0 fully saturated rings. The van der Waals surface area contributed by atoms with Crippen molar-refractivity contribution in [2.45, 2.75) is 23.1 Å². The normalized spacial score (nSPS) is 24.5. The second-order valence-electron chi connectivity index (χ2n) is 3.79. The fraction of sp³-hybridized carbons (Fsp3) is 0.455. The molecular weight excluding hydrogens is 272 g/mol. The first-order chi connectivity index (χ1) is 7.20. The SMILES string of the molecule is CNCC1Sc2ccc(Br)cc2NC1C. The summed E-state index contributed by atoms with van der Waals surface area (Å²) in [6, 6.07) is 6.92. The zero-order chi connectivity index (χ0) is 10.8. The van der Waals surface area contributed by atoms with Crippen LogP contribution in [0.2, 0.25) is 0 Å². The first-order valence-electron chi connectivity index (χ1n) is 5.08. The average molecular weight is 287 g/mol. The first kappa shape index (κ1) is 11.3. The number of anilines is 1. The van der Waals surface area contributed by atoms with E-state index in [0.717, 1.165) is 11.0 Å². The van der Waals surface area contributed by atoms with E-state index in [4.69, 9.17) is 0 Å². The van der Waals surface area contributed by atoms with Gasteiger partial charge in [0.05, 0.1) is 0 Å². The monoisotopic (exact) mass is 286 g/mol. The second-order valence-corrected chi connectivity index (χ2v) is 5.98. The van der Waals surface area contributed by atoms with Gasteiger partial charge in [-0.3, -0.25) is 0 Å². The van der Waals surface area contributed by atoms with Gasteiger partial charge in [0.25, 0.3) is 0 Å². The molecule has 0 radical (unpaired) electrons. The van der Waals surface area contributed by atoms with Crippen LogP contribution in [-0.4, -0.2) is 24.9 Å². The summed E-state index contributed by atoms with van der Waals surface area (Å²) in [4.78, 5) is 1.34. The van der Waals surface area contributed by atoms with Crippen molar-refractivity contribution in [3.63, 3.8) is 0 Å². The standard InChI is InChI=1S/C11H15BrN2S/c1-7-11(6-13-2)15-10-4-3-8(12)5-9(10)14-7/h3-5,7,11,13-14H,6H2,1-2H3. The Kier molecular flexibility index (Phi) is 3.59. The number of nitrogens with one attached hydrogen (secondary N) is 2. The Morgan fingerprint density at radius 2 is 2.33 bits per heavy atom.